The molecule has 5 nitrogen and oxygen atoms in total. The Morgan fingerprint density at radius 1 is 0.889 bits per heavy atom. The van der Waals surface area contributed by atoms with Gasteiger partial charge < -0.3 is 9.29 Å². The third-order valence-electron chi connectivity index (χ3n) is 2.95. The molecule has 0 radical (unpaired) electrons. The Morgan fingerprint density at radius 2 is 1.37 bits per heavy atom. The molecule has 2 aromatic rings. The van der Waals surface area contributed by atoms with Crippen molar-refractivity contribution in [3.63, 3.8) is 0 Å². The first kappa shape index (κ1) is 22.7. The van der Waals surface area contributed by atoms with Gasteiger partial charge in [0.15, 0.2) is 11.6 Å². The molecule has 2 aromatic carbocycles. The molecule has 0 aliphatic carbocycles. The highest BCUT2D eigenvalue weighted by Gasteiger charge is 2.32. The minimum atomic E-state index is -5.87. The van der Waals surface area contributed by atoms with E-state index in [1.807, 2.05) is 0 Å². The second-order valence-corrected chi connectivity index (χ2v) is 9.16. The van der Waals surface area contributed by atoms with Crippen molar-refractivity contribution in [2.24, 2.45) is 0 Å². The van der Waals surface area contributed by atoms with Gasteiger partial charge in [-0.25, -0.2) is 22.0 Å². The molecule has 0 amide bonds. The summed E-state index contributed by atoms with van der Waals surface area (Å²) >= 11 is 12.4. The predicted octanol–water partition coefficient (Wildman–Crippen LogP) is 5.42. The van der Waals surface area contributed by atoms with Crippen molar-refractivity contribution in [1.82, 2.24) is 0 Å². The van der Waals surface area contributed by atoms with E-state index in [9.17, 15) is 35.3 Å². The first-order valence-corrected chi connectivity index (χ1v) is 10.7. The number of esters is 1. The fourth-order valence-electron chi connectivity index (χ4n) is 1.77. The van der Waals surface area contributed by atoms with Crippen molar-refractivity contribution in [2.75, 3.05) is 0 Å². The fraction of sp³-hybridized carbons (Fsp3) is 0. The van der Waals surface area contributed by atoms with E-state index in [-0.39, 0.29) is 10.0 Å². The van der Waals surface area contributed by atoms with Crippen LogP contribution in [0.25, 0.3) is 0 Å². The zero-order valence-electron chi connectivity index (χ0n) is 12.1. The van der Waals surface area contributed by atoms with Crippen LogP contribution in [0, 0.1) is 23.3 Å². The number of halogens is 8. The highest BCUT2D eigenvalue weighted by Crippen LogP contribution is 2.40. The van der Waals surface area contributed by atoms with Crippen molar-refractivity contribution >= 4 is 79.8 Å². The Morgan fingerprint density at radius 3 is 1.81 bits per heavy atom. The lowest BCUT2D eigenvalue weighted by Gasteiger charge is -2.15. The maximum atomic E-state index is 13.9. The van der Waals surface area contributed by atoms with Crippen LogP contribution < -0.4 is 4.74 Å². The fourth-order valence-corrected chi connectivity index (χ4v) is 4.56. The molecule has 27 heavy (non-hydrogen) atoms. The molecule has 0 N–H and O–H groups in total. The van der Waals surface area contributed by atoms with Gasteiger partial charge in [0.05, 0.1) is 5.56 Å². The Labute approximate surface area is 182 Å². The monoisotopic (exact) mass is 661 g/mol. The summed E-state index contributed by atoms with van der Waals surface area (Å²) in [7, 11) is -5.87. The van der Waals surface area contributed by atoms with Crippen LogP contribution in [-0.4, -0.2) is 18.9 Å². The minimum absolute atomic E-state index is 0.0723. The van der Waals surface area contributed by atoms with E-state index >= 15 is 0 Å². The van der Waals surface area contributed by atoms with Gasteiger partial charge in [0.25, 0.3) is 0 Å². The third kappa shape index (κ3) is 4.24. The van der Waals surface area contributed by atoms with E-state index in [2.05, 4.69) is 68.5 Å². The molecular formula is C13HBr4F4O5S-. The smallest absolute Gasteiger partial charge is 0.344 e. The molecule has 0 aliphatic rings. The maximum Gasteiger partial charge on any atom is 0.344 e. The molecule has 0 saturated heterocycles. The third-order valence-corrected chi connectivity index (χ3v) is 8.47. The van der Waals surface area contributed by atoms with Gasteiger partial charge in [-0.2, -0.15) is 8.78 Å². The van der Waals surface area contributed by atoms with Gasteiger partial charge in [-0.15, -0.1) is 0 Å². The first-order valence-electron chi connectivity index (χ1n) is 6.16. The molecular weight excluding hydrogens is 664 g/mol. The molecule has 0 aromatic heterocycles. The summed E-state index contributed by atoms with van der Waals surface area (Å²) in [4.78, 5) is 9.84. The largest absolute Gasteiger partial charge is 0.744 e. The molecule has 2 rings (SSSR count). The lowest BCUT2D eigenvalue weighted by Crippen LogP contribution is -2.16. The average molecular weight is 665 g/mol. The summed E-state index contributed by atoms with van der Waals surface area (Å²) < 4.78 is 93.2. The van der Waals surface area contributed by atoms with Crippen molar-refractivity contribution in [3.8, 4) is 5.75 Å². The summed E-state index contributed by atoms with van der Waals surface area (Å²) in [6.07, 6.45) is 0. The van der Waals surface area contributed by atoms with Gasteiger partial charge in [-0.1, -0.05) is 0 Å². The number of carbonyl (C=O) groups excluding carboxylic acids is 1. The minimum Gasteiger partial charge on any atom is -0.744 e. The number of ether oxygens (including phenoxy) is 1. The van der Waals surface area contributed by atoms with Crippen molar-refractivity contribution in [2.45, 2.75) is 4.90 Å². The summed E-state index contributed by atoms with van der Waals surface area (Å²) in [5.74, 6) is -13.0. The van der Waals surface area contributed by atoms with Crippen LogP contribution in [0.5, 0.6) is 5.75 Å². The Hall–Kier alpha value is -0.540. The second-order valence-electron chi connectivity index (χ2n) is 4.61. The maximum absolute atomic E-state index is 13.9. The molecule has 0 fully saturated rings. The molecule has 0 saturated carbocycles. The normalized spacial score (nSPS) is 11.6. The first-order chi connectivity index (χ1) is 12.3. The zero-order chi connectivity index (χ0) is 20.8. The summed E-state index contributed by atoms with van der Waals surface area (Å²) in [5.41, 5.74) is -0.308. The van der Waals surface area contributed by atoms with Gasteiger partial charge in [0.1, 0.15) is 15.0 Å². The standard InChI is InChI=1S/C13H2Br4F4O5S/c14-3-1-2(4(15)6(17)5(3)16)13(22)26-11-7(18)9(20)12(27(23,24)25)10(21)8(11)19/h1H,(H,23,24,25)/p-1. The summed E-state index contributed by atoms with van der Waals surface area (Å²) in [6, 6.07) is 1.17. The van der Waals surface area contributed by atoms with Crippen LogP contribution >= 0.6 is 63.7 Å². The Kier molecular flexibility index (Phi) is 6.79. The number of benzene rings is 2. The van der Waals surface area contributed by atoms with Gasteiger partial charge in [0, 0.05) is 17.9 Å². The van der Waals surface area contributed by atoms with Crippen LogP contribution in [-0.2, 0) is 10.1 Å². The lowest BCUT2D eigenvalue weighted by atomic mass is 10.2. The summed E-state index contributed by atoms with van der Waals surface area (Å²) in [6.45, 7) is 0. The number of hydrogen-bond acceptors (Lipinski definition) is 5. The van der Waals surface area contributed by atoms with Crippen LogP contribution in [0.3, 0.4) is 0 Å². The van der Waals surface area contributed by atoms with E-state index in [1.54, 1.807) is 0 Å². The highest BCUT2D eigenvalue weighted by molar-refractivity contribution is 9.15. The van der Waals surface area contributed by atoms with Gasteiger partial charge >= 0.3 is 5.97 Å². The Bertz CT molecular complexity index is 1060. The van der Waals surface area contributed by atoms with E-state index in [4.69, 9.17) is 0 Å². The van der Waals surface area contributed by atoms with Crippen LogP contribution in [0.2, 0.25) is 0 Å². The molecule has 0 spiro atoms. The Balaban J connectivity index is 2.62. The van der Waals surface area contributed by atoms with E-state index in [1.165, 1.54) is 6.07 Å². The zero-order valence-corrected chi connectivity index (χ0v) is 19.2. The molecule has 0 aliphatic heterocycles. The molecule has 0 heterocycles. The van der Waals surface area contributed by atoms with Crippen LogP contribution in [0.15, 0.2) is 28.9 Å². The molecule has 0 atom stereocenters. The van der Waals surface area contributed by atoms with Gasteiger partial charge in [0.2, 0.25) is 17.4 Å². The topological polar surface area (TPSA) is 83.5 Å². The van der Waals surface area contributed by atoms with Crippen LogP contribution in [0.4, 0.5) is 17.6 Å². The van der Waals surface area contributed by atoms with E-state index in [0.29, 0.717) is 13.4 Å². The average Bonchev–Trinajstić information content (AvgIpc) is 2.57. The molecule has 14 heteroatoms. The number of hydrogen-bond donors (Lipinski definition) is 0. The molecule has 0 bridgehead atoms. The molecule has 0 unspecified atom stereocenters. The van der Waals surface area contributed by atoms with Crippen molar-refractivity contribution < 1.29 is 40.1 Å². The second kappa shape index (κ2) is 8.06. The van der Waals surface area contributed by atoms with Crippen LogP contribution in [0.1, 0.15) is 10.4 Å². The number of carbonyl (C=O) groups is 1. The van der Waals surface area contributed by atoms with Gasteiger partial charge in [-0.05, 0) is 69.8 Å². The molecule has 146 valence electrons. The van der Waals surface area contributed by atoms with E-state index < -0.39 is 50.0 Å². The SMILES string of the molecule is O=C(Oc1c(F)c(F)c(S(=O)(=O)[O-])c(F)c1F)c1cc(Br)c(Br)c(Br)c1Br. The summed E-state index contributed by atoms with van der Waals surface area (Å²) in [5, 5.41) is 0. The van der Waals surface area contributed by atoms with Gasteiger partial charge in [-0.3, -0.25) is 0 Å². The van der Waals surface area contributed by atoms with Crippen molar-refractivity contribution in [1.29, 1.82) is 0 Å². The predicted molar refractivity (Wildman–Crippen MR) is 96.4 cm³/mol. The van der Waals surface area contributed by atoms with Crippen molar-refractivity contribution in [3.05, 3.63) is 52.8 Å². The highest BCUT2D eigenvalue weighted by atomic mass is 79.9. The van der Waals surface area contributed by atoms with E-state index in [0.717, 1.165) is 0 Å². The lowest BCUT2D eigenvalue weighted by molar-refractivity contribution is 0.0715. The number of rotatable bonds is 3. The quantitative estimate of drug-likeness (QED) is 0.109.